The molecular weight excluding hydrogens is 244 g/mol. The van der Waals surface area contributed by atoms with Gasteiger partial charge >= 0.3 is 0 Å². The largest absolute Gasteiger partial charge is 0.545 e. The summed E-state index contributed by atoms with van der Waals surface area (Å²) in [6.45, 7) is 2.44. The van der Waals surface area contributed by atoms with Gasteiger partial charge in [0.2, 0.25) is 0 Å². The van der Waals surface area contributed by atoms with Crippen molar-refractivity contribution in [1.29, 1.82) is 0 Å². The van der Waals surface area contributed by atoms with Crippen molar-refractivity contribution in [2.75, 3.05) is 14.1 Å². The maximum atomic E-state index is 12.4. The molecule has 0 spiro atoms. The van der Waals surface area contributed by atoms with Crippen molar-refractivity contribution in [1.82, 2.24) is 4.98 Å². The molecule has 1 aromatic heterocycles. The van der Waals surface area contributed by atoms with Crippen LogP contribution in [0.25, 0.3) is 10.9 Å². The number of carbonyl (C=O) groups is 1. The Balaban J connectivity index is 2.73. The summed E-state index contributed by atoms with van der Waals surface area (Å²) < 4.78 is 0. The van der Waals surface area contributed by atoms with Crippen LogP contribution in [0.2, 0.25) is 0 Å². The van der Waals surface area contributed by atoms with E-state index < -0.39 is 5.97 Å². The minimum Gasteiger partial charge on any atom is -0.545 e. The van der Waals surface area contributed by atoms with Crippen molar-refractivity contribution in [3.05, 3.63) is 45.2 Å². The molecule has 0 aliphatic carbocycles. The Morgan fingerprint density at radius 1 is 1.37 bits per heavy atom. The van der Waals surface area contributed by atoms with Gasteiger partial charge in [-0.25, -0.2) is 0 Å². The zero-order valence-electron chi connectivity index (χ0n) is 11.2. The molecule has 0 aliphatic rings. The quantitative estimate of drug-likeness (QED) is 0.731. The molecular formula is C14H16N2O3. The van der Waals surface area contributed by atoms with E-state index in [4.69, 9.17) is 0 Å². The third-order valence-corrected chi connectivity index (χ3v) is 3.08. The summed E-state index contributed by atoms with van der Waals surface area (Å²) in [6.07, 6.45) is 0. The molecule has 1 heterocycles. The molecule has 0 saturated carbocycles. The van der Waals surface area contributed by atoms with Gasteiger partial charge in [0.25, 0.3) is 0 Å². The number of hydrogen-bond donors (Lipinski definition) is 2. The van der Waals surface area contributed by atoms with Crippen LogP contribution < -0.4 is 15.4 Å². The molecule has 2 aromatic rings. The van der Waals surface area contributed by atoms with Crippen LogP contribution in [0, 0.1) is 6.92 Å². The molecule has 2 rings (SSSR count). The van der Waals surface area contributed by atoms with Gasteiger partial charge in [0, 0.05) is 16.6 Å². The van der Waals surface area contributed by atoms with Crippen LogP contribution in [-0.2, 0) is 6.54 Å². The van der Waals surface area contributed by atoms with Crippen molar-refractivity contribution in [2.45, 2.75) is 13.5 Å². The smallest absolute Gasteiger partial charge is 0.198 e. The zero-order chi connectivity index (χ0) is 14.2. The molecule has 0 amide bonds. The fourth-order valence-corrected chi connectivity index (χ4v) is 2.14. The Bertz CT molecular complexity index is 702. The van der Waals surface area contributed by atoms with E-state index >= 15 is 0 Å². The van der Waals surface area contributed by atoms with E-state index in [1.54, 1.807) is 6.07 Å². The number of H-pyrrole nitrogens is 1. The first kappa shape index (κ1) is 13.3. The third kappa shape index (κ3) is 2.51. The van der Waals surface area contributed by atoms with Crippen LogP contribution in [0.1, 0.15) is 21.6 Å². The topological polar surface area (TPSA) is 77.4 Å². The third-order valence-electron chi connectivity index (χ3n) is 3.08. The summed E-state index contributed by atoms with van der Waals surface area (Å²) in [5, 5.41) is 11.3. The van der Waals surface area contributed by atoms with Crippen LogP contribution >= 0.6 is 0 Å². The van der Waals surface area contributed by atoms with Gasteiger partial charge in [0.15, 0.2) is 5.43 Å². The molecule has 2 N–H and O–H groups in total. The average Bonchev–Trinajstić information content (AvgIpc) is 2.33. The van der Waals surface area contributed by atoms with Crippen molar-refractivity contribution in [3.63, 3.8) is 0 Å². The van der Waals surface area contributed by atoms with Crippen LogP contribution in [0.5, 0.6) is 0 Å². The molecule has 19 heavy (non-hydrogen) atoms. The number of fused-ring (bicyclic) bond motifs is 1. The molecule has 0 unspecified atom stereocenters. The van der Waals surface area contributed by atoms with Crippen molar-refractivity contribution < 1.29 is 14.8 Å². The number of carboxylic acid groups (broad SMARTS) is 1. The standard InChI is InChI=1S/C14H16N2O3/c1-8-11(7-16(2)3)13(17)10-6-9(14(18)19)4-5-12(10)15-8/h4-6H,7H2,1-3H3,(H,15,17)(H,18,19). The number of pyridine rings is 1. The fraction of sp³-hybridized carbons (Fsp3) is 0.286. The molecule has 100 valence electrons. The number of benzene rings is 1. The number of quaternary nitrogens is 1. The number of aromatic nitrogens is 1. The average molecular weight is 260 g/mol. The minimum absolute atomic E-state index is 0.0185. The van der Waals surface area contributed by atoms with Crippen LogP contribution in [0.4, 0.5) is 0 Å². The van der Waals surface area contributed by atoms with E-state index in [1.165, 1.54) is 12.1 Å². The lowest BCUT2D eigenvalue weighted by Gasteiger charge is -2.11. The van der Waals surface area contributed by atoms with Crippen LogP contribution in [0.15, 0.2) is 23.0 Å². The van der Waals surface area contributed by atoms with E-state index in [-0.39, 0.29) is 11.0 Å². The molecule has 0 aliphatic heterocycles. The van der Waals surface area contributed by atoms with Crippen LogP contribution in [-0.4, -0.2) is 25.0 Å². The molecule has 0 atom stereocenters. The highest BCUT2D eigenvalue weighted by atomic mass is 16.4. The first-order valence-electron chi connectivity index (χ1n) is 6.06. The predicted octanol–water partition coefficient (Wildman–Crippen LogP) is -1.16. The Morgan fingerprint density at radius 2 is 2.05 bits per heavy atom. The number of carboxylic acids is 1. The lowest BCUT2D eigenvalue weighted by molar-refractivity contribution is -0.872. The van der Waals surface area contributed by atoms with Crippen molar-refractivity contribution in [2.24, 2.45) is 0 Å². The maximum Gasteiger partial charge on any atom is 0.198 e. The van der Waals surface area contributed by atoms with E-state index in [2.05, 4.69) is 4.98 Å². The number of hydrogen-bond acceptors (Lipinski definition) is 3. The molecule has 0 saturated heterocycles. The zero-order valence-corrected chi connectivity index (χ0v) is 11.2. The van der Waals surface area contributed by atoms with Gasteiger partial charge in [-0.3, -0.25) is 4.79 Å². The predicted molar refractivity (Wildman–Crippen MR) is 70.2 cm³/mol. The number of aromatic carboxylic acids is 1. The highest BCUT2D eigenvalue weighted by molar-refractivity contribution is 5.92. The first-order valence-corrected chi connectivity index (χ1v) is 6.06. The minimum atomic E-state index is -1.28. The maximum absolute atomic E-state index is 12.4. The number of aromatic amines is 1. The molecule has 0 fully saturated rings. The molecule has 0 bridgehead atoms. The second-order valence-corrected chi connectivity index (χ2v) is 4.99. The number of rotatable bonds is 3. The summed E-state index contributed by atoms with van der Waals surface area (Å²) in [6, 6.07) is 4.41. The summed E-state index contributed by atoms with van der Waals surface area (Å²) in [7, 11) is 3.92. The molecule has 1 aromatic carbocycles. The van der Waals surface area contributed by atoms with Crippen LogP contribution in [0.3, 0.4) is 0 Å². The number of nitrogens with one attached hydrogen (secondary N) is 2. The lowest BCUT2D eigenvalue weighted by Crippen LogP contribution is -3.04. The molecule has 0 radical (unpaired) electrons. The Morgan fingerprint density at radius 3 is 2.63 bits per heavy atom. The lowest BCUT2D eigenvalue weighted by atomic mass is 10.1. The summed E-state index contributed by atoms with van der Waals surface area (Å²) in [5.74, 6) is -1.28. The van der Waals surface area contributed by atoms with Gasteiger partial charge in [-0.15, -0.1) is 0 Å². The van der Waals surface area contributed by atoms with Gasteiger partial charge in [0.1, 0.15) is 6.54 Å². The van der Waals surface area contributed by atoms with Gasteiger partial charge < -0.3 is 19.8 Å². The highest BCUT2D eigenvalue weighted by Gasteiger charge is 2.12. The Labute approximate surface area is 110 Å². The second kappa shape index (κ2) is 4.85. The number of aryl methyl sites for hydroxylation is 1. The Hall–Kier alpha value is -2.14. The summed E-state index contributed by atoms with van der Waals surface area (Å²) >= 11 is 0. The van der Waals surface area contributed by atoms with Gasteiger partial charge in [0.05, 0.1) is 25.6 Å². The van der Waals surface area contributed by atoms with E-state index in [0.29, 0.717) is 23.0 Å². The van der Waals surface area contributed by atoms with E-state index in [1.807, 2.05) is 21.0 Å². The second-order valence-electron chi connectivity index (χ2n) is 4.99. The summed E-state index contributed by atoms with van der Waals surface area (Å²) in [5.41, 5.74) is 2.05. The number of carbonyl (C=O) groups excluding carboxylic acids is 1. The first-order chi connectivity index (χ1) is 8.90. The van der Waals surface area contributed by atoms with Gasteiger partial charge in [-0.2, -0.15) is 0 Å². The van der Waals surface area contributed by atoms with Crippen molar-refractivity contribution >= 4 is 16.9 Å². The SMILES string of the molecule is Cc1[nH]c2ccc(C(=O)[O-])cc2c(=O)c1C[NH+](C)C. The van der Waals surface area contributed by atoms with E-state index in [9.17, 15) is 14.7 Å². The van der Waals surface area contributed by atoms with E-state index in [0.717, 1.165) is 10.6 Å². The van der Waals surface area contributed by atoms with Gasteiger partial charge in [-0.1, -0.05) is 6.07 Å². The Kier molecular flexibility index (Phi) is 3.40. The monoisotopic (exact) mass is 260 g/mol. The summed E-state index contributed by atoms with van der Waals surface area (Å²) in [4.78, 5) is 27.5. The molecule has 5 heteroatoms. The highest BCUT2D eigenvalue weighted by Crippen LogP contribution is 2.13. The van der Waals surface area contributed by atoms with Gasteiger partial charge in [-0.05, 0) is 24.6 Å². The normalized spacial score (nSPS) is 11.2. The molecule has 5 nitrogen and oxygen atoms in total. The van der Waals surface area contributed by atoms with Crippen molar-refractivity contribution in [3.8, 4) is 0 Å². The fourth-order valence-electron chi connectivity index (χ4n) is 2.14.